The molecule has 2 aromatic carbocycles. The van der Waals surface area contributed by atoms with Gasteiger partial charge < -0.3 is 14.8 Å². The summed E-state index contributed by atoms with van der Waals surface area (Å²) in [7, 11) is 0. The van der Waals surface area contributed by atoms with Gasteiger partial charge in [-0.05, 0) is 57.2 Å². The average molecular weight is 384 g/mol. The number of aromatic nitrogens is 1. The largest absolute Gasteiger partial charge is 0.491 e. The summed E-state index contributed by atoms with van der Waals surface area (Å²) in [5.41, 5.74) is 3.59. The predicted molar refractivity (Wildman–Crippen MR) is 113 cm³/mol. The molecule has 1 atom stereocenters. The van der Waals surface area contributed by atoms with Gasteiger partial charge in [0.15, 0.2) is 5.78 Å². The lowest BCUT2D eigenvalue weighted by molar-refractivity contribution is 0.0959. The molecule has 0 aliphatic carbocycles. The molecule has 3 rings (SSSR count). The molecule has 1 heterocycles. The summed E-state index contributed by atoms with van der Waals surface area (Å²) in [5, 5.41) is 10.0. The van der Waals surface area contributed by atoms with E-state index < -0.39 is 4.75 Å². The van der Waals surface area contributed by atoms with Crippen LogP contribution in [0.4, 0.5) is 0 Å². The molecule has 2 N–H and O–H groups in total. The van der Waals surface area contributed by atoms with Crippen LogP contribution in [0, 0.1) is 0 Å². The molecule has 0 fully saturated rings. The van der Waals surface area contributed by atoms with E-state index in [4.69, 9.17) is 9.84 Å². The monoisotopic (exact) mass is 383 g/mol. The average Bonchev–Trinajstić information content (AvgIpc) is 3.04. The van der Waals surface area contributed by atoms with Crippen molar-refractivity contribution in [2.45, 2.75) is 38.0 Å². The molecule has 0 radical (unpaired) electrons. The van der Waals surface area contributed by atoms with Crippen LogP contribution < -0.4 is 4.74 Å². The van der Waals surface area contributed by atoms with E-state index in [1.54, 1.807) is 13.8 Å². The number of Topliss-reactive ketones (excluding diaryl/α,β-unsaturated/α-hetero) is 1. The van der Waals surface area contributed by atoms with E-state index in [1.807, 2.05) is 55.5 Å². The van der Waals surface area contributed by atoms with Crippen LogP contribution in [0.3, 0.4) is 0 Å². The number of carbonyl (C=O) groups excluding carboxylic acids is 1. The van der Waals surface area contributed by atoms with Crippen LogP contribution in [0.1, 0.15) is 37.6 Å². The van der Waals surface area contributed by atoms with E-state index in [1.165, 1.54) is 0 Å². The van der Waals surface area contributed by atoms with Crippen LogP contribution in [0.5, 0.6) is 5.75 Å². The van der Waals surface area contributed by atoms with Gasteiger partial charge in [-0.1, -0.05) is 12.1 Å². The lowest BCUT2D eigenvalue weighted by atomic mass is 9.99. The van der Waals surface area contributed by atoms with Crippen molar-refractivity contribution in [3.63, 3.8) is 0 Å². The number of nitrogens with one attached hydrogen (secondary N) is 1. The topological polar surface area (TPSA) is 62.3 Å². The van der Waals surface area contributed by atoms with Crippen molar-refractivity contribution in [2.24, 2.45) is 0 Å². The van der Waals surface area contributed by atoms with E-state index in [2.05, 4.69) is 17.6 Å². The van der Waals surface area contributed by atoms with Crippen molar-refractivity contribution in [3.8, 4) is 17.0 Å². The van der Waals surface area contributed by atoms with E-state index in [0.717, 1.165) is 27.9 Å². The highest BCUT2D eigenvalue weighted by Crippen LogP contribution is 2.29. The van der Waals surface area contributed by atoms with E-state index >= 15 is 0 Å². The fraction of sp³-hybridized carbons (Fsp3) is 0.318. The Morgan fingerprint density at radius 1 is 1.22 bits per heavy atom. The van der Waals surface area contributed by atoms with Crippen molar-refractivity contribution in [2.75, 3.05) is 6.61 Å². The second kappa shape index (κ2) is 7.79. The quantitative estimate of drug-likeness (QED) is 0.403. The molecule has 1 aromatic heterocycles. The molecule has 142 valence electrons. The Morgan fingerprint density at radius 3 is 2.70 bits per heavy atom. The second-order valence-corrected chi connectivity index (χ2v) is 8.46. The SMILES string of the molecule is CC(CCO)Oc1cccc(-c2cc3cc(C(=O)C(C)(C)S)ccc3[nH]2)c1. The summed E-state index contributed by atoms with van der Waals surface area (Å²) in [6, 6.07) is 15.5. The zero-order valence-corrected chi connectivity index (χ0v) is 16.7. The molecule has 0 saturated heterocycles. The van der Waals surface area contributed by atoms with Crippen molar-refractivity contribution in [1.82, 2.24) is 4.98 Å². The molecule has 5 heteroatoms. The van der Waals surface area contributed by atoms with Gasteiger partial charge in [0.05, 0.1) is 10.9 Å². The number of hydrogen-bond donors (Lipinski definition) is 3. The third kappa shape index (κ3) is 4.54. The van der Waals surface area contributed by atoms with Gasteiger partial charge in [-0.15, -0.1) is 0 Å². The summed E-state index contributed by atoms with van der Waals surface area (Å²) in [4.78, 5) is 15.9. The van der Waals surface area contributed by atoms with Gasteiger partial charge >= 0.3 is 0 Å². The number of benzene rings is 2. The molecule has 1 unspecified atom stereocenters. The zero-order chi connectivity index (χ0) is 19.6. The second-order valence-electron chi connectivity index (χ2n) is 7.34. The Labute approximate surface area is 165 Å². The van der Waals surface area contributed by atoms with Crippen molar-refractivity contribution in [3.05, 3.63) is 54.1 Å². The van der Waals surface area contributed by atoms with Gasteiger partial charge in [0.1, 0.15) is 5.75 Å². The smallest absolute Gasteiger partial charge is 0.178 e. The van der Waals surface area contributed by atoms with Gasteiger partial charge in [0.2, 0.25) is 0 Å². The third-order valence-corrected chi connectivity index (χ3v) is 4.66. The maximum absolute atomic E-state index is 12.5. The molecule has 0 aliphatic heterocycles. The lowest BCUT2D eigenvalue weighted by Crippen LogP contribution is -2.24. The summed E-state index contributed by atoms with van der Waals surface area (Å²) in [6.07, 6.45) is 0.542. The molecule has 0 saturated carbocycles. The predicted octanol–water partition coefficient (Wildman–Crippen LogP) is 4.88. The molecule has 0 aliphatic rings. The van der Waals surface area contributed by atoms with E-state index in [9.17, 15) is 4.79 Å². The number of hydrogen-bond acceptors (Lipinski definition) is 4. The first-order valence-corrected chi connectivity index (χ1v) is 9.50. The van der Waals surface area contributed by atoms with Crippen molar-refractivity contribution < 1.29 is 14.6 Å². The van der Waals surface area contributed by atoms with Crippen LogP contribution in [0.2, 0.25) is 0 Å². The number of ether oxygens (including phenoxy) is 1. The molecule has 0 amide bonds. The summed E-state index contributed by atoms with van der Waals surface area (Å²) in [6.45, 7) is 5.64. The summed E-state index contributed by atoms with van der Waals surface area (Å²) < 4.78 is 5.15. The molecule has 4 nitrogen and oxygen atoms in total. The van der Waals surface area contributed by atoms with Crippen molar-refractivity contribution in [1.29, 1.82) is 0 Å². The van der Waals surface area contributed by atoms with Gasteiger partial charge in [0, 0.05) is 40.8 Å². The zero-order valence-electron chi connectivity index (χ0n) is 15.8. The van der Waals surface area contributed by atoms with Crippen LogP contribution >= 0.6 is 12.6 Å². The number of aromatic amines is 1. The molecular formula is C22H25NO3S. The number of thiol groups is 1. The number of carbonyl (C=O) groups is 1. The van der Waals surface area contributed by atoms with Crippen LogP contribution in [0.15, 0.2) is 48.5 Å². The Hall–Kier alpha value is -2.24. The number of ketones is 1. The summed E-state index contributed by atoms with van der Waals surface area (Å²) >= 11 is 4.38. The fourth-order valence-corrected chi connectivity index (χ4v) is 3.12. The highest BCUT2D eigenvalue weighted by molar-refractivity contribution is 7.82. The minimum absolute atomic E-state index is 0.00347. The third-order valence-electron chi connectivity index (χ3n) is 4.46. The highest BCUT2D eigenvalue weighted by atomic mass is 32.1. The molecule has 0 bridgehead atoms. The standard InChI is InChI=1S/C22H25NO3S/c1-14(9-10-24)26-18-6-4-5-15(12-18)20-13-17-11-16(7-8-19(17)23-20)21(25)22(2,3)27/h4-8,11-14,23-24,27H,9-10H2,1-3H3. The van der Waals surface area contributed by atoms with Crippen LogP contribution in [-0.4, -0.2) is 33.3 Å². The number of fused-ring (bicyclic) bond motifs is 1. The Bertz CT molecular complexity index is 956. The van der Waals surface area contributed by atoms with Gasteiger partial charge in [-0.2, -0.15) is 12.6 Å². The molecule has 27 heavy (non-hydrogen) atoms. The number of aliphatic hydroxyl groups excluding tert-OH is 1. The van der Waals surface area contributed by atoms with Crippen molar-refractivity contribution >= 4 is 29.3 Å². The van der Waals surface area contributed by atoms with Crippen LogP contribution in [-0.2, 0) is 0 Å². The fourth-order valence-electron chi connectivity index (χ4n) is 2.99. The lowest BCUT2D eigenvalue weighted by Gasteiger charge is -2.15. The number of aliphatic hydroxyl groups is 1. The first kappa shape index (κ1) is 19.5. The first-order chi connectivity index (χ1) is 12.8. The number of H-pyrrole nitrogens is 1. The minimum Gasteiger partial charge on any atom is -0.491 e. The van der Waals surface area contributed by atoms with Gasteiger partial charge in [-0.3, -0.25) is 4.79 Å². The Balaban J connectivity index is 1.90. The van der Waals surface area contributed by atoms with Gasteiger partial charge in [0.25, 0.3) is 0 Å². The maximum atomic E-state index is 12.5. The Kier molecular flexibility index (Phi) is 5.63. The first-order valence-electron chi connectivity index (χ1n) is 9.06. The minimum atomic E-state index is -0.705. The normalized spacial score (nSPS) is 12.9. The van der Waals surface area contributed by atoms with E-state index in [-0.39, 0.29) is 18.5 Å². The highest BCUT2D eigenvalue weighted by Gasteiger charge is 2.24. The molecule has 3 aromatic rings. The Morgan fingerprint density at radius 2 is 2.00 bits per heavy atom. The maximum Gasteiger partial charge on any atom is 0.178 e. The van der Waals surface area contributed by atoms with Gasteiger partial charge in [-0.25, -0.2) is 0 Å². The number of rotatable bonds is 7. The van der Waals surface area contributed by atoms with E-state index in [0.29, 0.717) is 12.0 Å². The molecule has 0 spiro atoms. The van der Waals surface area contributed by atoms with Crippen LogP contribution in [0.25, 0.3) is 22.2 Å². The summed E-state index contributed by atoms with van der Waals surface area (Å²) in [5.74, 6) is 0.767. The molecular weight excluding hydrogens is 358 g/mol.